The molecule has 20 heavy (non-hydrogen) atoms. The molecule has 5 nitrogen and oxygen atoms in total. The Hall–Kier alpha value is -2.17. The van der Waals surface area contributed by atoms with Gasteiger partial charge in [-0.15, -0.1) is 0 Å². The van der Waals surface area contributed by atoms with Crippen molar-refractivity contribution >= 4 is 17.7 Å². The molecular formula is C15H18N2O3. The molecule has 2 rings (SSSR count). The Balaban J connectivity index is 1.95. The Bertz CT molecular complexity index is 566. The number of imide groups is 1. The van der Waals surface area contributed by atoms with E-state index in [1.807, 2.05) is 32.0 Å². The van der Waals surface area contributed by atoms with Crippen molar-refractivity contribution in [2.24, 2.45) is 0 Å². The van der Waals surface area contributed by atoms with Crippen LogP contribution in [-0.4, -0.2) is 23.8 Å². The summed E-state index contributed by atoms with van der Waals surface area (Å²) in [6.07, 6.45) is 0.868. The first-order valence-electron chi connectivity index (χ1n) is 6.65. The van der Waals surface area contributed by atoms with Gasteiger partial charge in [-0.3, -0.25) is 19.7 Å². The lowest BCUT2D eigenvalue weighted by Crippen LogP contribution is -2.52. The van der Waals surface area contributed by atoms with E-state index in [1.54, 1.807) is 0 Å². The second kappa shape index (κ2) is 5.86. The molecule has 0 radical (unpaired) electrons. The van der Waals surface area contributed by atoms with Crippen LogP contribution in [0.3, 0.4) is 0 Å². The van der Waals surface area contributed by atoms with Gasteiger partial charge in [0, 0.05) is 6.42 Å². The van der Waals surface area contributed by atoms with Crippen LogP contribution in [0.15, 0.2) is 18.2 Å². The quantitative estimate of drug-likeness (QED) is 0.799. The molecule has 1 heterocycles. The van der Waals surface area contributed by atoms with Gasteiger partial charge in [0.25, 0.3) is 0 Å². The number of rotatable bonds is 3. The molecule has 1 aromatic carbocycles. The maximum absolute atomic E-state index is 12.0. The lowest BCUT2D eigenvalue weighted by Gasteiger charge is -2.22. The molecule has 1 fully saturated rings. The molecule has 0 aromatic heterocycles. The van der Waals surface area contributed by atoms with Crippen molar-refractivity contribution in [2.45, 2.75) is 39.2 Å². The molecule has 1 saturated heterocycles. The fraction of sp³-hybridized carbons (Fsp3) is 0.400. The number of hydrogen-bond acceptors (Lipinski definition) is 3. The highest BCUT2D eigenvalue weighted by Crippen LogP contribution is 2.12. The topological polar surface area (TPSA) is 75.3 Å². The normalized spacial score (nSPS) is 18.6. The van der Waals surface area contributed by atoms with Crippen LogP contribution >= 0.6 is 0 Å². The van der Waals surface area contributed by atoms with Gasteiger partial charge < -0.3 is 5.32 Å². The fourth-order valence-electron chi connectivity index (χ4n) is 2.29. The molecule has 0 aliphatic carbocycles. The Morgan fingerprint density at radius 3 is 2.75 bits per heavy atom. The minimum atomic E-state index is -0.606. The monoisotopic (exact) mass is 274 g/mol. The van der Waals surface area contributed by atoms with Crippen molar-refractivity contribution in [2.75, 3.05) is 0 Å². The second-order valence-electron chi connectivity index (χ2n) is 5.18. The molecule has 1 atom stereocenters. The third-order valence-corrected chi connectivity index (χ3v) is 3.42. The van der Waals surface area contributed by atoms with E-state index in [0.29, 0.717) is 6.42 Å². The van der Waals surface area contributed by atoms with E-state index in [0.717, 1.165) is 16.7 Å². The second-order valence-corrected chi connectivity index (χ2v) is 5.18. The maximum atomic E-state index is 12.0. The van der Waals surface area contributed by atoms with Crippen LogP contribution in [0.5, 0.6) is 0 Å². The SMILES string of the molecule is Cc1ccc(CC(=O)NC2CCC(=O)NC2=O)c(C)c1. The van der Waals surface area contributed by atoms with Crippen LogP contribution in [0.1, 0.15) is 29.5 Å². The smallest absolute Gasteiger partial charge is 0.249 e. The van der Waals surface area contributed by atoms with Gasteiger partial charge in [0.1, 0.15) is 6.04 Å². The Morgan fingerprint density at radius 1 is 1.35 bits per heavy atom. The molecule has 1 unspecified atom stereocenters. The van der Waals surface area contributed by atoms with Crippen molar-refractivity contribution in [3.63, 3.8) is 0 Å². The largest absolute Gasteiger partial charge is 0.344 e. The summed E-state index contributed by atoms with van der Waals surface area (Å²) in [5, 5.41) is 4.90. The average molecular weight is 274 g/mol. The molecule has 106 valence electrons. The molecule has 1 aliphatic heterocycles. The number of amides is 3. The molecule has 5 heteroatoms. The lowest BCUT2D eigenvalue weighted by molar-refractivity contribution is -0.137. The summed E-state index contributed by atoms with van der Waals surface area (Å²) < 4.78 is 0. The first kappa shape index (κ1) is 14.2. The minimum Gasteiger partial charge on any atom is -0.344 e. The van der Waals surface area contributed by atoms with Gasteiger partial charge >= 0.3 is 0 Å². The highest BCUT2D eigenvalue weighted by molar-refractivity contribution is 6.01. The van der Waals surface area contributed by atoms with Crippen molar-refractivity contribution in [3.8, 4) is 0 Å². The zero-order chi connectivity index (χ0) is 14.7. The lowest BCUT2D eigenvalue weighted by atomic mass is 10.0. The zero-order valence-corrected chi connectivity index (χ0v) is 11.7. The maximum Gasteiger partial charge on any atom is 0.249 e. The van der Waals surface area contributed by atoms with Crippen LogP contribution in [0.4, 0.5) is 0 Å². The van der Waals surface area contributed by atoms with Gasteiger partial charge in [-0.25, -0.2) is 0 Å². The zero-order valence-electron chi connectivity index (χ0n) is 11.7. The molecular weight excluding hydrogens is 256 g/mol. The van der Waals surface area contributed by atoms with E-state index in [4.69, 9.17) is 0 Å². The van der Waals surface area contributed by atoms with Gasteiger partial charge in [0.05, 0.1) is 6.42 Å². The van der Waals surface area contributed by atoms with Gasteiger partial charge in [0.15, 0.2) is 0 Å². The molecule has 0 bridgehead atoms. The highest BCUT2D eigenvalue weighted by Gasteiger charge is 2.27. The van der Waals surface area contributed by atoms with E-state index >= 15 is 0 Å². The minimum absolute atomic E-state index is 0.202. The number of carbonyl (C=O) groups excluding carboxylic acids is 3. The summed E-state index contributed by atoms with van der Waals surface area (Å²) >= 11 is 0. The summed E-state index contributed by atoms with van der Waals surface area (Å²) in [5.41, 5.74) is 3.15. The van der Waals surface area contributed by atoms with Gasteiger partial charge in [-0.2, -0.15) is 0 Å². The molecule has 1 aromatic rings. The summed E-state index contributed by atoms with van der Waals surface area (Å²) in [6, 6.07) is 5.30. The molecule has 0 spiro atoms. The molecule has 0 saturated carbocycles. The van der Waals surface area contributed by atoms with E-state index in [9.17, 15) is 14.4 Å². The summed E-state index contributed by atoms with van der Waals surface area (Å²) in [4.78, 5) is 34.6. The number of carbonyl (C=O) groups is 3. The number of nitrogens with one attached hydrogen (secondary N) is 2. The Morgan fingerprint density at radius 2 is 2.10 bits per heavy atom. The molecule has 1 aliphatic rings. The van der Waals surface area contributed by atoms with Crippen LogP contribution in [0.25, 0.3) is 0 Å². The summed E-state index contributed by atoms with van der Waals surface area (Å²) in [7, 11) is 0. The van der Waals surface area contributed by atoms with Gasteiger partial charge in [-0.1, -0.05) is 23.8 Å². The summed E-state index contributed by atoms with van der Waals surface area (Å²) in [6.45, 7) is 3.96. The molecule has 2 N–H and O–H groups in total. The van der Waals surface area contributed by atoms with Crippen LogP contribution in [0.2, 0.25) is 0 Å². The van der Waals surface area contributed by atoms with Gasteiger partial charge in [-0.05, 0) is 31.4 Å². The number of aryl methyl sites for hydroxylation is 2. The van der Waals surface area contributed by atoms with E-state index in [-0.39, 0.29) is 24.7 Å². The highest BCUT2D eigenvalue weighted by atomic mass is 16.2. The third-order valence-electron chi connectivity index (χ3n) is 3.42. The van der Waals surface area contributed by atoms with Crippen molar-refractivity contribution in [1.82, 2.24) is 10.6 Å². The van der Waals surface area contributed by atoms with E-state index in [1.165, 1.54) is 0 Å². The van der Waals surface area contributed by atoms with Crippen molar-refractivity contribution < 1.29 is 14.4 Å². The number of piperidine rings is 1. The number of benzene rings is 1. The number of hydrogen-bond donors (Lipinski definition) is 2. The average Bonchev–Trinajstić information content (AvgIpc) is 2.36. The van der Waals surface area contributed by atoms with Crippen molar-refractivity contribution in [1.29, 1.82) is 0 Å². The predicted molar refractivity (Wildman–Crippen MR) is 73.9 cm³/mol. The Labute approximate surface area is 117 Å². The fourth-order valence-corrected chi connectivity index (χ4v) is 2.29. The van der Waals surface area contributed by atoms with E-state index < -0.39 is 11.9 Å². The molecule has 3 amide bonds. The predicted octanol–water partition coefficient (Wildman–Crippen LogP) is 0.767. The standard InChI is InChI=1S/C15H18N2O3/c1-9-3-4-11(10(2)7-9)8-14(19)16-12-5-6-13(18)17-15(12)20/h3-4,7,12H,5-6,8H2,1-2H3,(H,16,19)(H,17,18,20). The van der Waals surface area contributed by atoms with E-state index in [2.05, 4.69) is 10.6 Å². The van der Waals surface area contributed by atoms with Crippen LogP contribution in [0, 0.1) is 13.8 Å². The van der Waals surface area contributed by atoms with Crippen molar-refractivity contribution in [3.05, 3.63) is 34.9 Å². The van der Waals surface area contributed by atoms with Gasteiger partial charge in [0.2, 0.25) is 17.7 Å². The third kappa shape index (κ3) is 3.44. The Kier molecular flexibility index (Phi) is 4.17. The summed E-state index contributed by atoms with van der Waals surface area (Å²) in [5.74, 6) is -0.906. The first-order chi connectivity index (χ1) is 9.45. The van der Waals surface area contributed by atoms with Crippen LogP contribution < -0.4 is 10.6 Å². The first-order valence-corrected chi connectivity index (χ1v) is 6.65. The van der Waals surface area contributed by atoms with Crippen LogP contribution in [-0.2, 0) is 20.8 Å².